The Kier molecular flexibility index (Phi) is 25.2. The summed E-state index contributed by atoms with van der Waals surface area (Å²) in [6.07, 6.45) is 20.8. The number of unbranched alkanes of at least 4 members (excludes halogenated alkanes) is 13. The van der Waals surface area contributed by atoms with Crippen molar-refractivity contribution in [3.8, 4) is 0 Å². The van der Waals surface area contributed by atoms with E-state index in [1.165, 1.54) is 89.9 Å². The van der Waals surface area contributed by atoms with Gasteiger partial charge in [-0.2, -0.15) is 11.8 Å². The molecule has 0 bridgehead atoms. The fourth-order valence-corrected chi connectivity index (χ4v) is 5.98. The zero-order valence-corrected chi connectivity index (χ0v) is 29.0. The maximum atomic E-state index is 12.9. The van der Waals surface area contributed by atoms with Gasteiger partial charge in [0.2, 0.25) is 0 Å². The molecular weight excluding hydrogens is 543 g/mol. The van der Waals surface area contributed by atoms with Gasteiger partial charge in [0.15, 0.2) is 0 Å². The van der Waals surface area contributed by atoms with Crippen molar-refractivity contribution in [2.24, 2.45) is 5.41 Å². The number of hydrogen-bond donors (Lipinski definition) is 0. The largest absolute Gasteiger partial charge is 0.497 e. The molecule has 0 amide bonds. The molecule has 0 aliphatic heterocycles. The molecule has 0 heterocycles. The van der Waals surface area contributed by atoms with E-state index in [1.54, 1.807) is 0 Å². The molecule has 0 rings (SSSR count). The third-order valence-electron chi connectivity index (χ3n) is 6.81. The zero-order chi connectivity index (χ0) is 30.1. The van der Waals surface area contributed by atoms with Crippen LogP contribution in [0.5, 0.6) is 0 Å². The lowest BCUT2D eigenvalue weighted by Gasteiger charge is -2.26. The van der Waals surface area contributed by atoms with Gasteiger partial charge in [-0.05, 0) is 37.4 Å². The smallest absolute Gasteiger partial charge is 0.458 e. The van der Waals surface area contributed by atoms with Gasteiger partial charge in [0.25, 0.3) is 0 Å². The molecule has 0 saturated carbocycles. The highest BCUT2D eigenvalue weighted by Gasteiger charge is 2.55. The number of ether oxygens (including phenoxy) is 2. The Labute approximate surface area is 253 Å². The van der Waals surface area contributed by atoms with Crippen molar-refractivity contribution in [2.75, 3.05) is 19.0 Å². The van der Waals surface area contributed by atoms with Gasteiger partial charge >= 0.3 is 20.0 Å². The first-order chi connectivity index (χ1) is 19.2. The summed E-state index contributed by atoms with van der Waals surface area (Å²) in [5.41, 5.74) is -2.29. The molecule has 0 saturated heterocycles. The Morgan fingerprint density at radius 2 is 1.30 bits per heavy atom. The van der Waals surface area contributed by atoms with Crippen molar-refractivity contribution in [2.45, 2.75) is 175 Å². The molecule has 6 nitrogen and oxygen atoms in total. The number of carbonyl (C=O) groups is 1. The van der Waals surface area contributed by atoms with Crippen molar-refractivity contribution < 1.29 is 28.6 Å². The first-order valence-electron chi connectivity index (χ1n) is 16.3. The highest BCUT2D eigenvalue weighted by Crippen LogP contribution is 2.33. The minimum atomic E-state index is -2.05. The van der Waals surface area contributed by atoms with Gasteiger partial charge in [-0.25, -0.2) is 9.68 Å². The van der Waals surface area contributed by atoms with Crippen LogP contribution in [0.4, 0.5) is 0 Å². The van der Waals surface area contributed by atoms with Gasteiger partial charge < -0.3 is 4.74 Å². The molecule has 40 heavy (non-hydrogen) atoms. The van der Waals surface area contributed by atoms with E-state index < -0.39 is 20.0 Å². The molecule has 4 unspecified atom stereocenters. The van der Waals surface area contributed by atoms with Crippen LogP contribution in [0.2, 0.25) is 0 Å². The highest BCUT2D eigenvalue weighted by molar-refractivity contribution is 7.99. The molecule has 0 N–H and O–H groups in total. The van der Waals surface area contributed by atoms with Crippen molar-refractivity contribution in [3.05, 3.63) is 0 Å². The number of rotatable bonds is 28. The van der Waals surface area contributed by atoms with Crippen LogP contribution >= 0.6 is 20.2 Å². The van der Waals surface area contributed by atoms with Crippen LogP contribution < -0.4 is 0 Å². The Morgan fingerprint density at radius 3 is 1.80 bits per heavy atom. The summed E-state index contributed by atoms with van der Waals surface area (Å²) >= 11 is 1.93. The van der Waals surface area contributed by atoms with E-state index in [0.29, 0.717) is 6.42 Å². The summed E-state index contributed by atoms with van der Waals surface area (Å²) in [5.74, 6) is 0.281. The third-order valence-corrected chi connectivity index (χ3v) is 9.08. The average molecular weight is 608 g/mol. The highest BCUT2D eigenvalue weighted by atomic mass is 32.2. The lowest BCUT2D eigenvalue weighted by Crippen LogP contribution is -2.43. The van der Waals surface area contributed by atoms with E-state index in [-0.39, 0.29) is 30.0 Å². The minimum absolute atomic E-state index is 0.168. The van der Waals surface area contributed by atoms with Gasteiger partial charge in [-0.1, -0.05) is 136 Å². The van der Waals surface area contributed by atoms with E-state index >= 15 is 0 Å². The summed E-state index contributed by atoms with van der Waals surface area (Å²) in [4.78, 5) is 24.3. The normalized spacial score (nSPS) is 15.2. The SMILES string of the molecule is CCCCCCCCCCCCSC(CCCCCCC)C(C)OOC(OCCC)([PH+]=O)C(=O)OCC(C)(C)C. The summed E-state index contributed by atoms with van der Waals surface area (Å²) < 4.78 is 23.3. The monoisotopic (exact) mass is 607 g/mol. The summed E-state index contributed by atoms with van der Waals surface area (Å²) in [6, 6.07) is 0. The standard InChI is InChI=1S/C32H63O6PS/c1-8-11-13-15-16-17-18-19-21-23-26-40-29(24-22-20-14-12-9-2)28(4)37-38-32(39-34,36-25-10-3)30(33)35-27-31(5,6)7/h28-29H,8-27H2,1-7H3/p+1. The minimum Gasteiger partial charge on any atom is -0.458 e. The van der Waals surface area contributed by atoms with Gasteiger partial charge in [-0.3, -0.25) is 4.74 Å². The molecular formula is C32H64O6PS+. The molecule has 0 fully saturated rings. The molecule has 0 aliphatic rings. The first-order valence-corrected chi connectivity index (χ1v) is 18.3. The van der Waals surface area contributed by atoms with E-state index in [9.17, 15) is 9.36 Å². The Bertz CT molecular complexity index is 615. The topological polar surface area (TPSA) is 71.1 Å². The van der Waals surface area contributed by atoms with Crippen LogP contribution in [0.15, 0.2) is 0 Å². The second kappa shape index (κ2) is 25.3. The second-order valence-corrected chi connectivity index (χ2v) is 14.6. The second-order valence-electron chi connectivity index (χ2n) is 12.4. The Morgan fingerprint density at radius 1 is 0.775 bits per heavy atom. The van der Waals surface area contributed by atoms with Crippen LogP contribution in [0.3, 0.4) is 0 Å². The molecule has 0 radical (unpaired) electrons. The summed E-state index contributed by atoms with van der Waals surface area (Å²) in [5, 5.41) is 0.227. The average Bonchev–Trinajstić information content (AvgIpc) is 2.93. The lowest BCUT2D eigenvalue weighted by molar-refractivity contribution is -0.403. The van der Waals surface area contributed by atoms with Crippen LogP contribution in [0.25, 0.3) is 0 Å². The van der Waals surface area contributed by atoms with Gasteiger partial charge in [0.1, 0.15) is 6.10 Å². The van der Waals surface area contributed by atoms with Crippen molar-refractivity contribution in [1.82, 2.24) is 0 Å². The van der Waals surface area contributed by atoms with Crippen LogP contribution in [-0.4, -0.2) is 41.8 Å². The van der Waals surface area contributed by atoms with E-state index in [2.05, 4.69) is 13.8 Å². The number of thioether (sulfide) groups is 1. The third kappa shape index (κ3) is 20.6. The lowest BCUT2D eigenvalue weighted by atomic mass is 9.99. The van der Waals surface area contributed by atoms with Gasteiger partial charge in [-0.15, -0.1) is 4.89 Å². The molecule has 4 atom stereocenters. The molecule has 0 aliphatic carbocycles. The van der Waals surface area contributed by atoms with E-state index in [0.717, 1.165) is 18.6 Å². The molecule has 238 valence electrons. The predicted molar refractivity (Wildman–Crippen MR) is 171 cm³/mol. The molecule has 0 spiro atoms. The van der Waals surface area contributed by atoms with Crippen molar-refractivity contribution >= 4 is 26.2 Å². The summed E-state index contributed by atoms with van der Waals surface area (Å²) in [7, 11) is -1.20. The fraction of sp³-hybridized carbons (Fsp3) is 0.969. The number of esters is 1. The van der Waals surface area contributed by atoms with Crippen molar-refractivity contribution in [1.29, 1.82) is 0 Å². The maximum Gasteiger partial charge on any atom is 0.497 e. The maximum absolute atomic E-state index is 12.9. The molecule has 0 aromatic heterocycles. The van der Waals surface area contributed by atoms with E-state index in [4.69, 9.17) is 19.2 Å². The Hall–Kier alpha value is -0.200. The quantitative estimate of drug-likeness (QED) is 0.0219. The first kappa shape index (κ1) is 39.8. The van der Waals surface area contributed by atoms with Gasteiger partial charge in [0.05, 0.1) is 13.2 Å². The molecule has 8 heteroatoms. The summed E-state index contributed by atoms with van der Waals surface area (Å²) in [6.45, 7) is 14.7. The van der Waals surface area contributed by atoms with Crippen molar-refractivity contribution in [3.63, 3.8) is 0 Å². The zero-order valence-electron chi connectivity index (χ0n) is 27.2. The predicted octanol–water partition coefficient (Wildman–Crippen LogP) is 10.4. The Balaban J connectivity index is 4.90. The van der Waals surface area contributed by atoms with Crippen LogP contribution in [0, 0.1) is 5.41 Å². The number of hydrogen-bond acceptors (Lipinski definition) is 7. The van der Waals surface area contributed by atoms with Crippen LogP contribution in [0.1, 0.15) is 158 Å². The molecule has 0 aromatic carbocycles. The van der Waals surface area contributed by atoms with Crippen LogP contribution in [-0.2, 0) is 28.6 Å². The fourth-order valence-electron chi connectivity index (χ4n) is 4.26. The van der Waals surface area contributed by atoms with E-state index in [1.807, 2.05) is 46.4 Å². The van der Waals surface area contributed by atoms with Gasteiger partial charge in [0, 0.05) is 5.25 Å². The molecule has 0 aromatic rings. The number of carbonyl (C=O) groups excluding carboxylic acids is 1.